The fourth-order valence-corrected chi connectivity index (χ4v) is 9.60. The van der Waals surface area contributed by atoms with E-state index in [2.05, 4.69) is 16.3 Å². The van der Waals surface area contributed by atoms with Crippen LogP contribution in [-0.2, 0) is 27.6 Å². The lowest BCUT2D eigenvalue weighted by molar-refractivity contribution is -0.131. The molecule has 6 rings (SSSR count). The molecule has 3 aliphatic rings. The van der Waals surface area contributed by atoms with Gasteiger partial charge in [-0.2, -0.15) is 9.97 Å². The van der Waals surface area contributed by atoms with Gasteiger partial charge in [0.05, 0.1) is 28.8 Å². The molecule has 1 amide bonds. The van der Waals surface area contributed by atoms with Gasteiger partial charge in [-0.25, -0.2) is 19.4 Å². The zero-order valence-electron chi connectivity index (χ0n) is 26.5. The number of fused-ring (bicyclic) bond motifs is 2. The van der Waals surface area contributed by atoms with Gasteiger partial charge in [0.15, 0.2) is 15.7 Å². The Morgan fingerprint density at radius 3 is 2.60 bits per heavy atom. The van der Waals surface area contributed by atoms with Gasteiger partial charge in [0.1, 0.15) is 18.5 Å². The van der Waals surface area contributed by atoms with E-state index in [1.54, 1.807) is 0 Å². The Balaban J connectivity index is 1.35. The molecule has 0 spiro atoms. The van der Waals surface area contributed by atoms with Crippen molar-refractivity contribution in [1.82, 2.24) is 19.8 Å². The van der Waals surface area contributed by atoms with Gasteiger partial charge in [0.2, 0.25) is 6.54 Å². The molecule has 0 aliphatic carbocycles. The summed E-state index contributed by atoms with van der Waals surface area (Å²) in [5.74, 6) is -1.16. The summed E-state index contributed by atoms with van der Waals surface area (Å²) < 4.78 is 44.6. The maximum atomic E-state index is 13.9. The maximum Gasteiger partial charge on any atom is 0.318 e. The Hall–Kier alpha value is -3.99. The van der Waals surface area contributed by atoms with Crippen LogP contribution in [0.2, 0.25) is 5.02 Å². The number of nitrogens with zero attached hydrogens (tertiary/aromatic N) is 7. The summed E-state index contributed by atoms with van der Waals surface area (Å²) in [7, 11) is 0.668. The largest absolute Gasteiger partial charge is 0.463 e. The molecule has 14 heteroatoms. The molecule has 0 radical (unpaired) electrons. The Morgan fingerprint density at radius 1 is 1.17 bits per heavy atom. The van der Waals surface area contributed by atoms with Crippen molar-refractivity contribution >= 4 is 49.6 Å². The van der Waals surface area contributed by atoms with Crippen LogP contribution in [0.15, 0.2) is 48.8 Å². The fraction of sp³-hybridized carbons (Fsp3) is 0.455. The maximum absolute atomic E-state index is 13.9. The number of aromatic nitrogens is 2. The standard InChI is InChI=1S/C33H37ClFN7O4S/c1-22(35)31(43)42-14-13-41(16-24(42)15-36-2)30-25-11-12-40(28-10-6-8-23-7-5-9-26(34)29(23)28)17-27(25)37-32(38-30)46-19-33(18-39(3)4)20-47(44,45)21-33/h5-10,24H,1,11-21H2,3-4H3/t24-/m0/s1. The van der Waals surface area contributed by atoms with E-state index in [9.17, 15) is 17.6 Å². The summed E-state index contributed by atoms with van der Waals surface area (Å²) in [4.78, 5) is 33.4. The highest BCUT2D eigenvalue weighted by atomic mass is 35.5. The summed E-state index contributed by atoms with van der Waals surface area (Å²) in [6.45, 7) is 13.3. The van der Waals surface area contributed by atoms with Gasteiger partial charge in [0, 0.05) is 54.8 Å². The van der Waals surface area contributed by atoms with Crippen molar-refractivity contribution < 1.29 is 22.3 Å². The average molecular weight is 682 g/mol. The summed E-state index contributed by atoms with van der Waals surface area (Å²) in [5.41, 5.74) is 2.11. The van der Waals surface area contributed by atoms with Crippen molar-refractivity contribution in [3.05, 3.63) is 76.5 Å². The van der Waals surface area contributed by atoms with Gasteiger partial charge < -0.3 is 29.2 Å². The van der Waals surface area contributed by atoms with E-state index >= 15 is 0 Å². The van der Waals surface area contributed by atoms with Crippen molar-refractivity contribution in [3.8, 4) is 6.01 Å². The van der Waals surface area contributed by atoms with Crippen molar-refractivity contribution in [2.45, 2.75) is 19.0 Å². The minimum absolute atomic E-state index is 0.00327. The first-order valence-corrected chi connectivity index (χ1v) is 17.6. The predicted molar refractivity (Wildman–Crippen MR) is 180 cm³/mol. The zero-order chi connectivity index (χ0) is 33.5. The highest BCUT2D eigenvalue weighted by molar-refractivity contribution is 7.92. The molecular formula is C33H37ClFN7O4S. The highest BCUT2D eigenvalue weighted by Gasteiger charge is 2.49. The van der Waals surface area contributed by atoms with Crippen LogP contribution in [0.5, 0.6) is 6.01 Å². The first-order chi connectivity index (χ1) is 22.4. The third kappa shape index (κ3) is 6.72. The highest BCUT2D eigenvalue weighted by Crippen LogP contribution is 2.38. The van der Waals surface area contributed by atoms with Crippen LogP contribution in [0.4, 0.5) is 15.9 Å². The second-order valence-electron chi connectivity index (χ2n) is 12.9. The number of benzene rings is 2. The van der Waals surface area contributed by atoms with Crippen molar-refractivity contribution in [2.75, 3.05) is 81.3 Å². The minimum atomic E-state index is -3.13. The van der Waals surface area contributed by atoms with Crippen LogP contribution in [0, 0.1) is 12.0 Å². The van der Waals surface area contributed by atoms with E-state index in [0.717, 1.165) is 27.7 Å². The van der Waals surface area contributed by atoms with Gasteiger partial charge in [-0.3, -0.25) is 4.79 Å². The second-order valence-corrected chi connectivity index (χ2v) is 15.4. The first-order valence-electron chi connectivity index (χ1n) is 15.4. The van der Waals surface area contributed by atoms with Crippen LogP contribution < -0.4 is 14.5 Å². The molecule has 0 N–H and O–H groups in total. The number of rotatable bonds is 9. The van der Waals surface area contributed by atoms with Crippen molar-refractivity contribution in [1.29, 1.82) is 0 Å². The van der Waals surface area contributed by atoms with E-state index in [4.69, 9.17) is 32.9 Å². The van der Waals surface area contributed by atoms with E-state index in [1.165, 1.54) is 4.90 Å². The monoisotopic (exact) mass is 681 g/mol. The number of carbonyl (C=O) groups is 1. The molecule has 248 valence electrons. The summed E-state index contributed by atoms with van der Waals surface area (Å²) in [5, 5.41) is 2.65. The van der Waals surface area contributed by atoms with Crippen LogP contribution in [-0.4, -0.2) is 112 Å². The number of sulfone groups is 1. The van der Waals surface area contributed by atoms with Crippen molar-refractivity contribution in [3.63, 3.8) is 0 Å². The molecule has 0 unspecified atom stereocenters. The Kier molecular flexibility index (Phi) is 9.04. The fourth-order valence-electron chi connectivity index (χ4n) is 7.19. The molecule has 3 aromatic rings. The zero-order valence-corrected chi connectivity index (χ0v) is 28.0. The lowest BCUT2D eigenvalue weighted by Crippen LogP contribution is -2.57. The first kappa shape index (κ1) is 32.9. The van der Waals surface area contributed by atoms with Gasteiger partial charge in [-0.15, -0.1) is 0 Å². The lowest BCUT2D eigenvalue weighted by Gasteiger charge is -2.42. The average Bonchev–Trinajstić information content (AvgIpc) is 3.01. The third-order valence-corrected chi connectivity index (χ3v) is 11.4. The number of piperazine rings is 1. The number of ether oxygens (including phenoxy) is 1. The van der Waals surface area contributed by atoms with Gasteiger partial charge >= 0.3 is 6.01 Å². The molecule has 4 heterocycles. The predicted octanol–water partition coefficient (Wildman–Crippen LogP) is 3.62. The van der Waals surface area contributed by atoms with Crippen LogP contribution >= 0.6 is 11.6 Å². The molecule has 11 nitrogen and oxygen atoms in total. The SMILES string of the molecule is [C-]#[N+]C[C@H]1CN(c2nc(OCC3(CN(C)C)CS(=O)(=O)C3)nc3c2CCN(c2cccc4cccc(Cl)c24)C3)CCN1C(=O)C(=C)F. The van der Waals surface area contributed by atoms with E-state index in [-0.39, 0.29) is 43.8 Å². The van der Waals surface area contributed by atoms with Crippen molar-refractivity contribution in [2.24, 2.45) is 5.41 Å². The van der Waals surface area contributed by atoms with Gasteiger partial charge in [-0.1, -0.05) is 42.4 Å². The van der Waals surface area contributed by atoms with Gasteiger partial charge in [0.25, 0.3) is 5.91 Å². The third-order valence-electron chi connectivity index (χ3n) is 8.98. The summed E-state index contributed by atoms with van der Waals surface area (Å²) in [6.07, 6.45) is 0.614. The Morgan fingerprint density at radius 2 is 1.91 bits per heavy atom. The van der Waals surface area contributed by atoms with Gasteiger partial charge in [-0.05, 0) is 38.0 Å². The molecule has 0 saturated carbocycles. The number of halogens is 2. The van der Waals surface area contributed by atoms with E-state index in [1.807, 2.05) is 60.3 Å². The Labute approximate surface area is 279 Å². The minimum Gasteiger partial charge on any atom is -0.463 e. The molecule has 47 heavy (non-hydrogen) atoms. The molecule has 1 atom stereocenters. The normalized spacial score (nSPS) is 20.0. The van der Waals surface area contributed by atoms with Crippen LogP contribution in [0.3, 0.4) is 0 Å². The summed E-state index contributed by atoms with van der Waals surface area (Å²) >= 11 is 6.68. The van der Waals surface area contributed by atoms with E-state index in [0.29, 0.717) is 43.4 Å². The number of carbonyl (C=O) groups excluding carboxylic acids is 1. The topological polar surface area (TPSA) is 104 Å². The number of hydrogen-bond acceptors (Lipinski definition) is 9. The molecule has 0 bridgehead atoms. The van der Waals surface area contributed by atoms with Crippen LogP contribution in [0.25, 0.3) is 15.6 Å². The lowest BCUT2D eigenvalue weighted by atomic mass is 9.92. The smallest absolute Gasteiger partial charge is 0.318 e. The Bertz CT molecular complexity index is 1870. The molecule has 2 saturated heterocycles. The van der Waals surface area contributed by atoms with E-state index < -0.39 is 33.0 Å². The molecule has 2 aromatic carbocycles. The molecular weight excluding hydrogens is 645 g/mol. The van der Waals surface area contributed by atoms with Crippen LogP contribution in [0.1, 0.15) is 11.3 Å². The molecule has 2 fully saturated rings. The quantitative estimate of drug-likeness (QED) is 0.248. The second kappa shape index (κ2) is 12.9. The number of hydrogen-bond donors (Lipinski definition) is 0. The molecule has 3 aliphatic heterocycles. The number of anilines is 2. The number of amides is 1. The molecule has 1 aromatic heterocycles. The summed E-state index contributed by atoms with van der Waals surface area (Å²) in [6, 6.07) is 11.5.